The van der Waals surface area contributed by atoms with Gasteiger partial charge in [-0.05, 0) is 35.4 Å². The highest BCUT2D eigenvalue weighted by atomic mass is 19.4. The Hall–Kier alpha value is -2.69. The number of carbonyl (C=O) groups excluding carboxylic acids is 1. The van der Waals surface area contributed by atoms with E-state index >= 15 is 0 Å². The molecule has 0 radical (unpaired) electrons. The molecule has 10 heteroatoms. The Bertz CT molecular complexity index is 781. The number of rotatable bonds is 5. The third-order valence-corrected chi connectivity index (χ3v) is 3.92. The average molecular weight is 384 g/mol. The number of halogens is 4. The van der Waals surface area contributed by atoms with Crippen LogP contribution in [0.4, 0.5) is 17.6 Å². The maximum atomic E-state index is 13.1. The summed E-state index contributed by atoms with van der Waals surface area (Å²) < 4.78 is 53.3. The summed E-state index contributed by atoms with van der Waals surface area (Å²) in [4.78, 5) is 12.4. The van der Waals surface area contributed by atoms with Gasteiger partial charge in [0.1, 0.15) is 17.6 Å². The number of nitrogens with one attached hydrogen (secondary N) is 4. The summed E-state index contributed by atoms with van der Waals surface area (Å²) in [7, 11) is 0. The van der Waals surface area contributed by atoms with Gasteiger partial charge in [0, 0.05) is 6.54 Å². The number of ether oxygens (including phenoxy) is 1. The lowest BCUT2D eigenvalue weighted by atomic mass is 10.00. The molecule has 2 unspecified atom stereocenters. The van der Waals surface area contributed by atoms with Crippen LogP contribution in [-0.4, -0.2) is 18.3 Å². The number of amides is 1. The van der Waals surface area contributed by atoms with Gasteiger partial charge < -0.3 is 10.1 Å². The number of hydrogen-bond acceptors (Lipinski definition) is 5. The molecule has 1 amide bonds. The molecule has 0 spiro atoms. The lowest BCUT2D eigenvalue weighted by Crippen LogP contribution is -2.44. The molecule has 3 rings (SSSR count). The van der Waals surface area contributed by atoms with Crippen molar-refractivity contribution in [3.05, 3.63) is 65.5 Å². The lowest BCUT2D eigenvalue weighted by molar-refractivity contribution is -0.274. The van der Waals surface area contributed by atoms with Gasteiger partial charge in [-0.2, -0.15) is 5.53 Å². The van der Waals surface area contributed by atoms with Crippen LogP contribution in [-0.2, 0) is 11.3 Å². The topological polar surface area (TPSA) is 74.4 Å². The van der Waals surface area contributed by atoms with E-state index < -0.39 is 18.4 Å². The molecule has 144 valence electrons. The van der Waals surface area contributed by atoms with E-state index in [4.69, 9.17) is 0 Å². The third-order valence-electron chi connectivity index (χ3n) is 3.92. The molecule has 1 aliphatic heterocycles. The van der Waals surface area contributed by atoms with Gasteiger partial charge in [-0.1, -0.05) is 24.3 Å². The van der Waals surface area contributed by atoms with Gasteiger partial charge in [-0.15, -0.1) is 13.2 Å². The van der Waals surface area contributed by atoms with E-state index in [1.807, 2.05) is 0 Å². The van der Waals surface area contributed by atoms with Gasteiger partial charge >= 0.3 is 6.36 Å². The molecule has 2 aromatic carbocycles. The maximum Gasteiger partial charge on any atom is 0.573 e. The number of hydrogen-bond donors (Lipinski definition) is 4. The Morgan fingerprint density at radius 3 is 2.33 bits per heavy atom. The summed E-state index contributed by atoms with van der Waals surface area (Å²) in [6.07, 6.45) is -4.75. The minimum atomic E-state index is -4.75. The van der Waals surface area contributed by atoms with Gasteiger partial charge in [0.2, 0.25) is 5.91 Å². The molecule has 2 atom stereocenters. The molecule has 27 heavy (non-hydrogen) atoms. The summed E-state index contributed by atoms with van der Waals surface area (Å²) in [6.45, 7) is 0.124. The van der Waals surface area contributed by atoms with Crippen LogP contribution in [0.1, 0.15) is 17.2 Å². The number of hydrazine groups is 2. The predicted octanol–water partition coefficient (Wildman–Crippen LogP) is 2.06. The quantitative estimate of drug-likeness (QED) is 0.594. The molecule has 4 N–H and O–H groups in total. The van der Waals surface area contributed by atoms with Crippen molar-refractivity contribution in [2.24, 2.45) is 0 Å². The second-order valence-corrected chi connectivity index (χ2v) is 5.83. The normalized spacial score (nSPS) is 19.7. The first kappa shape index (κ1) is 19.1. The van der Waals surface area contributed by atoms with E-state index in [-0.39, 0.29) is 24.0 Å². The first-order valence-electron chi connectivity index (χ1n) is 7.96. The summed E-state index contributed by atoms with van der Waals surface area (Å²) in [6, 6.07) is 9.86. The summed E-state index contributed by atoms with van der Waals surface area (Å²) in [5, 5.41) is 2.70. The monoisotopic (exact) mass is 384 g/mol. The van der Waals surface area contributed by atoms with Gasteiger partial charge in [0.15, 0.2) is 0 Å². The molecule has 6 nitrogen and oxygen atoms in total. The zero-order chi connectivity index (χ0) is 19.4. The van der Waals surface area contributed by atoms with Crippen LogP contribution in [0.15, 0.2) is 48.5 Å². The SMILES string of the molecule is O=C(NCc1ccc(OC(F)(F)F)cc1)C1NNNC1c1ccc(F)cc1. The molecular weight excluding hydrogens is 368 g/mol. The first-order chi connectivity index (χ1) is 12.8. The van der Waals surface area contributed by atoms with Crippen LogP contribution in [0.2, 0.25) is 0 Å². The van der Waals surface area contributed by atoms with Crippen LogP contribution in [0.25, 0.3) is 0 Å². The van der Waals surface area contributed by atoms with E-state index in [1.54, 1.807) is 12.1 Å². The van der Waals surface area contributed by atoms with Crippen LogP contribution in [0, 0.1) is 5.82 Å². The third kappa shape index (κ3) is 5.16. The molecule has 1 fully saturated rings. The zero-order valence-corrected chi connectivity index (χ0v) is 13.8. The van der Waals surface area contributed by atoms with E-state index in [0.717, 1.165) is 0 Å². The van der Waals surface area contributed by atoms with E-state index in [1.165, 1.54) is 36.4 Å². The van der Waals surface area contributed by atoms with Crippen LogP contribution < -0.4 is 26.4 Å². The molecule has 2 aromatic rings. The molecule has 1 saturated heterocycles. The lowest BCUT2D eigenvalue weighted by Gasteiger charge is -2.18. The zero-order valence-electron chi connectivity index (χ0n) is 13.8. The molecular formula is C17H16F4N4O2. The summed E-state index contributed by atoms with van der Waals surface area (Å²) in [5.41, 5.74) is 9.65. The minimum Gasteiger partial charge on any atom is -0.406 e. The Morgan fingerprint density at radius 1 is 1.04 bits per heavy atom. The van der Waals surface area contributed by atoms with Crippen LogP contribution in [0.3, 0.4) is 0 Å². The van der Waals surface area contributed by atoms with Crippen molar-refractivity contribution in [3.8, 4) is 5.75 Å². The first-order valence-corrected chi connectivity index (χ1v) is 7.96. The van der Waals surface area contributed by atoms with Crippen LogP contribution in [0.5, 0.6) is 5.75 Å². The fraction of sp³-hybridized carbons (Fsp3) is 0.235. The van der Waals surface area contributed by atoms with Gasteiger partial charge in [-0.3, -0.25) is 4.79 Å². The van der Waals surface area contributed by atoms with Crippen molar-refractivity contribution in [2.75, 3.05) is 0 Å². The summed E-state index contributed by atoms with van der Waals surface area (Å²) in [5.74, 6) is -1.05. The Kier molecular flexibility index (Phi) is 5.59. The second-order valence-electron chi connectivity index (χ2n) is 5.83. The van der Waals surface area contributed by atoms with Gasteiger partial charge in [0.05, 0.1) is 6.04 Å². The van der Waals surface area contributed by atoms with E-state index in [0.29, 0.717) is 11.1 Å². The highest BCUT2D eigenvalue weighted by Crippen LogP contribution is 2.23. The fourth-order valence-corrected chi connectivity index (χ4v) is 2.63. The standard InChI is InChI=1S/C17H16F4N4O2/c18-12-5-3-11(4-6-12)14-15(24-25-23-14)16(26)22-9-10-1-7-13(8-2-10)27-17(19,20)21/h1-8,14-15,23-25H,9H2,(H,22,26). The highest BCUT2D eigenvalue weighted by Gasteiger charge is 2.34. The Morgan fingerprint density at radius 2 is 1.70 bits per heavy atom. The average Bonchev–Trinajstić information content (AvgIpc) is 3.10. The summed E-state index contributed by atoms with van der Waals surface area (Å²) >= 11 is 0. The highest BCUT2D eigenvalue weighted by molar-refractivity contribution is 5.83. The number of alkyl halides is 3. The Balaban J connectivity index is 1.57. The maximum absolute atomic E-state index is 13.1. The van der Waals surface area contributed by atoms with Crippen molar-refractivity contribution >= 4 is 5.91 Å². The molecule has 0 aliphatic carbocycles. The molecule has 1 heterocycles. The van der Waals surface area contributed by atoms with Gasteiger partial charge in [-0.25, -0.2) is 15.2 Å². The molecule has 0 aromatic heterocycles. The number of carbonyl (C=O) groups is 1. The van der Waals surface area contributed by atoms with E-state index in [9.17, 15) is 22.4 Å². The largest absolute Gasteiger partial charge is 0.573 e. The van der Waals surface area contributed by atoms with Crippen molar-refractivity contribution in [1.29, 1.82) is 0 Å². The van der Waals surface area contributed by atoms with Crippen molar-refractivity contribution in [1.82, 2.24) is 21.7 Å². The molecule has 0 bridgehead atoms. The van der Waals surface area contributed by atoms with E-state index in [2.05, 4.69) is 26.4 Å². The number of benzene rings is 2. The van der Waals surface area contributed by atoms with Crippen molar-refractivity contribution in [3.63, 3.8) is 0 Å². The van der Waals surface area contributed by atoms with Crippen molar-refractivity contribution in [2.45, 2.75) is 25.0 Å². The second kappa shape index (κ2) is 7.91. The van der Waals surface area contributed by atoms with Crippen molar-refractivity contribution < 1.29 is 27.1 Å². The Labute approximate surface area is 151 Å². The molecule has 0 saturated carbocycles. The smallest absolute Gasteiger partial charge is 0.406 e. The van der Waals surface area contributed by atoms with Gasteiger partial charge in [0.25, 0.3) is 0 Å². The fourth-order valence-electron chi connectivity index (χ4n) is 2.63. The predicted molar refractivity (Wildman–Crippen MR) is 87.3 cm³/mol. The minimum absolute atomic E-state index is 0.124. The van der Waals surface area contributed by atoms with Crippen LogP contribution >= 0.6 is 0 Å². The molecule has 1 aliphatic rings.